The van der Waals surface area contributed by atoms with Crippen LogP contribution in [0.15, 0.2) is 53.4 Å². The number of carbonyl (C=O) groups excluding carboxylic acids is 2. The Bertz CT molecular complexity index is 1060. The minimum absolute atomic E-state index is 0.0283. The number of hydrogen-bond donors (Lipinski definition) is 2. The van der Waals surface area contributed by atoms with E-state index in [-0.39, 0.29) is 16.7 Å². The van der Waals surface area contributed by atoms with Crippen LogP contribution in [0.2, 0.25) is 0 Å². The number of nitrogens with one attached hydrogen (secondary N) is 2. The number of ether oxygens (including phenoxy) is 1. The number of carbonyl (C=O) groups is 2. The van der Waals surface area contributed by atoms with Gasteiger partial charge in [-0.2, -0.15) is 4.72 Å². The highest BCUT2D eigenvalue weighted by Gasteiger charge is 2.28. The van der Waals surface area contributed by atoms with E-state index >= 15 is 0 Å². The highest BCUT2D eigenvalue weighted by molar-refractivity contribution is 7.89. The van der Waals surface area contributed by atoms with E-state index in [2.05, 4.69) is 14.9 Å². The number of benzene rings is 2. The van der Waals surface area contributed by atoms with Crippen LogP contribution in [-0.4, -0.2) is 69.4 Å². The van der Waals surface area contributed by atoms with Gasteiger partial charge in [0.25, 0.3) is 0 Å². The van der Waals surface area contributed by atoms with Gasteiger partial charge in [-0.25, -0.2) is 8.42 Å². The van der Waals surface area contributed by atoms with Gasteiger partial charge in [0.05, 0.1) is 18.0 Å². The lowest BCUT2D eigenvalue weighted by atomic mass is 10.2. The molecule has 1 atom stereocenters. The third kappa shape index (κ3) is 6.77. The fourth-order valence-corrected chi connectivity index (χ4v) is 4.86. The maximum atomic E-state index is 12.8. The molecule has 0 radical (unpaired) electrons. The number of hydrogen-bond acceptors (Lipinski definition) is 6. The van der Waals surface area contributed by atoms with Crippen molar-refractivity contribution in [1.29, 1.82) is 0 Å². The van der Waals surface area contributed by atoms with Crippen molar-refractivity contribution in [3.8, 4) is 5.75 Å². The standard InChI is InChI=1S/C23H30N4O5S/c1-17(25-33(30,31)22-10-6-20(7-11-22)24-18(2)28)23(29)27-14-12-26(13-15-27)16-19-4-8-21(32-3)9-5-19/h4-11,17,25H,12-16H2,1-3H3,(H,24,28)/t17-/m0/s1. The maximum absolute atomic E-state index is 12.8. The maximum Gasteiger partial charge on any atom is 0.241 e. The topological polar surface area (TPSA) is 108 Å². The van der Waals surface area contributed by atoms with E-state index in [0.29, 0.717) is 31.9 Å². The first-order valence-electron chi connectivity index (χ1n) is 10.7. The number of sulfonamides is 1. The zero-order chi connectivity index (χ0) is 24.0. The monoisotopic (exact) mass is 474 g/mol. The first kappa shape index (κ1) is 24.7. The van der Waals surface area contributed by atoms with Crippen LogP contribution in [0.1, 0.15) is 19.4 Å². The van der Waals surface area contributed by atoms with Gasteiger partial charge < -0.3 is 15.0 Å². The molecule has 1 fully saturated rings. The first-order chi connectivity index (χ1) is 15.7. The van der Waals surface area contributed by atoms with Crippen molar-refractivity contribution in [1.82, 2.24) is 14.5 Å². The molecule has 1 aliphatic rings. The van der Waals surface area contributed by atoms with Crippen molar-refractivity contribution < 1.29 is 22.7 Å². The molecule has 2 amide bonds. The van der Waals surface area contributed by atoms with Crippen molar-refractivity contribution in [2.45, 2.75) is 31.3 Å². The van der Waals surface area contributed by atoms with E-state index in [1.165, 1.54) is 36.8 Å². The van der Waals surface area contributed by atoms with Crippen LogP contribution in [0.25, 0.3) is 0 Å². The van der Waals surface area contributed by atoms with Crippen molar-refractivity contribution in [3.05, 3.63) is 54.1 Å². The predicted molar refractivity (Wildman–Crippen MR) is 125 cm³/mol. The number of anilines is 1. The van der Waals surface area contributed by atoms with Gasteiger partial charge in [-0.1, -0.05) is 12.1 Å². The quantitative estimate of drug-likeness (QED) is 0.603. The second kappa shape index (κ2) is 10.8. The summed E-state index contributed by atoms with van der Waals surface area (Å²) in [6.45, 7) is 6.19. The molecule has 178 valence electrons. The van der Waals surface area contributed by atoms with E-state index in [1.807, 2.05) is 24.3 Å². The Kier molecular flexibility index (Phi) is 8.06. The second-order valence-corrected chi connectivity index (χ2v) is 9.71. The van der Waals surface area contributed by atoms with Crippen LogP contribution in [0, 0.1) is 0 Å². The highest BCUT2D eigenvalue weighted by Crippen LogP contribution is 2.16. The molecule has 0 aliphatic carbocycles. The number of nitrogens with zero attached hydrogens (tertiary/aromatic N) is 2. The van der Waals surface area contributed by atoms with Crippen LogP contribution in [0.4, 0.5) is 5.69 Å². The van der Waals surface area contributed by atoms with Gasteiger partial charge in [0.2, 0.25) is 21.8 Å². The minimum atomic E-state index is -3.88. The molecule has 2 aromatic rings. The molecule has 2 aromatic carbocycles. The molecule has 33 heavy (non-hydrogen) atoms. The number of rotatable bonds is 8. The predicted octanol–water partition coefficient (Wildman–Crippen LogP) is 1.66. The summed E-state index contributed by atoms with van der Waals surface area (Å²) in [6.07, 6.45) is 0. The lowest BCUT2D eigenvalue weighted by Gasteiger charge is -2.36. The SMILES string of the molecule is COc1ccc(CN2CCN(C(=O)[C@H](C)NS(=O)(=O)c3ccc(NC(C)=O)cc3)CC2)cc1. The van der Waals surface area contributed by atoms with Crippen LogP contribution >= 0.6 is 0 Å². The first-order valence-corrected chi connectivity index (χ1v) is 12.2. The van der Waals surface area contributed by atoms with Crippen molar-refractivity contribution in [2.75, 3.05) is 38.6 Å². The summed E-state index contributed by atoms with van der Waals surface area (Å²) in [5.41, 5.74) is 1.67. The fraction of sp³-hybridized carbons (Fsp3) is 0.391. The molecule has 0 spiro atoms. The number of piperazine rings is 1. The molecule has 0 bridgehead atoms. The lowest BCUT2D eigenvalue weighted by molar-refractivity contribution is -0.134. The molecular weight excluding hydrogens is 444 g/mol. The molecule has 1 aliphatic heterocycles. The Hall–Kier alpha value is -2.95. The lowest BCUT2D eigenvalue weighted by Crippen LogP contribution is -2.53. The van der Waals surface area contributed by atoms with Gasteiger partial charge >= 0.3 is 0 Å². The van der Waals surface area contributed by atoms with Gasteiger partial charge in [0.15, 0.2) is 0 Å². The molecule has 2 N–H and O–H groups in total. The third-order valence-corrected chi connectivity index (χ3v) is 6.99. The van der Waals surface area contributed by atoms with E-state index < -0.39 is 16.1 Å². The van der Waals surface area contributed by atoms with Gasteiger partial charge in [-0.05, 0) is 48.9 Å². The second-order valence-electron chi connectivity index (χ2n) is 8.00. The number of methoxy groups -OCH3 is 1. The summed E-state index contributed by atoms with van der Waals surface area (Å²) >= 11 is 0. The van der Waals surface area contributed by atoms with Gasteiger partial charge in [0.1, 0.15) is 5.75 Å². The molecular formula is C23H30N4O5S. The summed E-state index contributed by atoms with van der Waals surface area (Å²) in [7, 11) is -2.24. The minimum Gasteiger partial charge on any atom is -0.497 e. The van der Waals surface area contributed by atoms with Gasteiger partial charge in [-0.3, -0.25) is 14.5 Å². The average molecular weight is 475 g/mol. The molecule has 9 nitrogen and oxygen atoms in total. The molecule has 3 rings (SSSR count). The zero-order valence-electron chi connectivity index (χ0n) is 19.1. The van der Waals surface area contributed by atoms with Gasteiger partial charge in [-0.15, -0.1) is 0 Å². The average Bonchev–Trinajstić information content (AvgIpc) is 2.79. The molecule has 0 saturated carbocycles. The van der Waals surface area contributed by atoms with E-state index in [0.717, 1.165) is 12.3 Å². The van der Waals surface area contributed by atoms with Gasteiger partial charge in [0, 0.05) is 45.3 Å². The molecule has 1 saturated heterocycles. The van der Waals surface area contributed by atoms with E-state index in [4.69, 9.17) is 4.74 Å². The van der Waals surface area contributed by atoms with Crippen LogP contribution in [0.5, 0.6) is 5.75 Å². The van der Waals surface area contributed by atoms with E-state index in [9.17, 15) is 18.0 Å². The Labute approximate surface area is 194 Å². The third-order valence-electron chi connectivity index (χ3n) is 5.44. The Balaban J connectivity index is 1.51. The van der Waals surface area contributed by atoms with Crippen LogP contribution in [-0.2, 0) is 26.2 Å². The van der Waals surface area contributed by atoms with Crippen LogP contribution < -0.4 is 14.8 Å². The summed E-state index contributed by atoms with van der Waals surface area (Å²) in [5.74, 6) is 0.318. The Morgan fingerprint density at radius 3 is 2.15 bits per heavy atom. The molecule has 1 heterocycles. The van der Waals surface area contributed by atoms with Crippen molar-refractivity contribution in [3.63, 3.8) is 0 Å². The summed E-state index contributed by atoms with van der Waals surface area (Å²) in [4.78, 5) is 27.9. The Morgan fingerprint density at radius 1 is 1.00 bits per heavy atom. The fourth-order valence-electron chi connectivity index (χ4n) is 3.66. The Morgan fingerprint density at radius 2 is 1.61 bits per heavy atom. The largest absolute Gasteiger partial charge is 0.497 e. The van der Waals surface area contributed by atoms with Crippen LogP contribution in [0.3, 0.4) is 0 Å². The summed E-state index contributed by atoms with van der Waals surface area (Å²) < 4.78 is 33.0. The molecule has 0 aromatic heterocycles. The summed E-state index contributed by atoms with van der Waals surface area (Å²) in [6, 6.07) is 12.8. The molecule has 0 unspecified atom stereocenters. The smallest absolute Gasteiger partial charge is 0.241 e. The van der Waals surface area contributed by atoms with Crippen molar-refractivity contribution in [2.24, 2.45) is 0 Å². The summed E-state index contributed by atoms with van der Waals surface area (Å²) in [5, 5.41) is 2.58. The van der Waals surface area contributed by atoms with E-state index in [1.54, 1.807) is 18.9 Å². The molecule has 10 heteroatoms. The highest BCUT2D eigenvalue weighted by atomic mass is 32.2. The van der Waals surface area contributed by atoms with Crippen molar-refractivity contribution >= 4 is 27.5 Å². The normalized spacial score (nSPS) is 15.7. The zero-order valence-corrected chi connectivity index (χ0v) is 19.9. The number of amides is 2.